The Morgan fingerprint density at radius 2 is 1.45 bits per heavy atom. The molecule has 10 nitrogen and oxygen atoms in total. The fourth-order valence-electron chi connectivity index (χ4n) is 6.36. The highest BCUT2D eigenvalue weighted by molar-refractivity contribution is 7.89. The van der Waals surface area contributed by atoms with Crippen molar-refractivity contribution in [1.82, 2.24) is 9.80 Å². The average molecular weight is 804 g/mol. The number of hydrogen-bond acceptors (Lipinski definition) is 6. The van der Waals surface area contributed by atoms with Gasteiger partial charge in [0.15, 0.2) is 0 Å². The molecule has 2 heterocycles. The van der Waals surface area contributed by atoms with E-state index in [2.05, 4.69) is 4.90 Å². The Bertz CT molecular complexity index is 1830. The summed E-state index contributed by atoms with van der Waals surface area (Å²) in [4.78, 5) is 41.8. The predicted octanol–water partition coefficient (Wildman–Crippen LogP) is 6.64. The number of rotatable bonds is 10. The van der Waals surface area contributed by atoms with Gasteiger partial charge in [-0.05, 0) is 124 Å². The summed E-state index contributed by atoms with van der Waals surface area (Å²) in [6.07, 6.45) is -0.136. The fraction of sp³-hybridized carbons (Fsp3) is 0.417. The molecule has 5 rings (SSSR count). The van der Waals surface area contributed by atoms with Crippen molar-refractivity contribution in [3.63, 3.8) is 0 Å². The van der Waals surface area contributed by atoms with Gasteiger partial charge in [-0.3, -0.25) is 9.59 Å². The van der Waals surface area contributed by atoms with E-state index in [0.29, 0.717) is 59.7 Å². The van der Waals surface area contributed by atoms with Crippen molar-refractivity contribution in [2.75, 3.05) is 44.2 Å². The molecule has 3 N–H and O–H groups in total. The molecule has 0 aromatic heterocycles. The van der Waals surface area contributed by atoms with Gasteiger partial charge in [-0.2, -0.15) is 13.2 Å². The number of likely N-dealkylation sites (tertiary alicyclic amines) is 2. The third-order valence-electron chi connectivity index (χ3n) is 9.29. The van der Waals surface area contributed by atoms with Crippen molar-refractivity contribution in [2.45, 2.75) is 49.6 Å². The number of halogens is 6. The highest BCUT2D eigenvalue weighted by Crippen LogP contribution is 2.31. The molecule has 2 aliphatic heterocycles. The van der Waals surface area contributed by atoms with Crippen LogP contribution in [0.25, 0.3) is 0 Å². The first kappa shape index (κ1) is 42.0. The Morgan fingerprint density at radius 1 is 0.868 bits per heavy atom. The molecule has 0 spiro atoms. The summed E-state index contributed by atoms with van der Waals surface area (Å²) >= 11 is 12.5. The number of carboxylic acid groups (broad SMARTS) is 1. The number of sulfonamides is 1. The molecule has 2 saturated heterocycles. The van der Waals surface area contributed by atoms with Crippen molar-refractivity contribution >= 4 is 56.7 Å². The number of carboxylic acids is 1. The molecular formula is C36H40Cl2F4N4O6S. The molecule has 2 aliphatic rings. The average Bonchev–Trinajstić information content (AvgIpc) is 3.12. The number of primary sulfonamides is 1. The molecule has 53 heavy (non-hydrogen) atoms. The largest absolute Gasteiger partial charge is 0.490 e. The van der Waals surface area contributed by atoms with Crippen LogP contribution in [0.3, 0.4) is 0 Å². The fourth-order valence-corrected chi connectivity index (χ4v) is 7.17. The van der Waals surface area contributed by atoms with Crippen LogP contribution in [0.4, 0.5) is 23.2 Å². The Hall–Kier alpha value is -3.76. The van der Waals surface area contributed by atoms with Crippen LogP contribution in [-0.2, 0) is 26.0 Å². The normalized spacial score (nSPS) is 16.1. The molecule has 0 unspecified atom stereocenters. The molecule has 0 saturated carbocycles. The van der Waals surface area contributed by atoms with Crippen LogP contribution >= 0.6 is 23.2 Å². The van der Waals surface area contributed by atoms with Gasteiger partial charge in [0.25, 0.3) is 5.91 Å². The van der Waals surface area contributed by atoms with Gasteiger partial charge < -0.3 is 19.8 Å². The number of amides is 2. The number of piperidine rings is 2. The summed E-state index contributed by atoms with van der Waals surface area (Å²) in [5.74, 6) is -2.86. The predicted molar refractivity (Wildman–Crippen MR) is 193 cm³/mol. The zero-order valence-electron chi connectivity index (χ0n) is 28.6. The highest BCUT2D eigenvalue weighted by Gasteiger charge is 2.38. The van der Waals surface area contributed by atoms with Crippen LogP contribution in [-0.4, -0.2) is 86.6 Å². The van der Waals surface area contributed by atoms with Gasteiger partial charge >= 0.3 is 12.1 Å². The number of carbonyl (C=O) groups is 3. The molecule has 0 atom stereocenters. The second-order valence-corrected chi connectivity index (χ2v) is 15.4. The molecule has 0 aliphatic carbocycles. The molecule has 288 valence electrons. The second kappa shape index (κ2) is 18.5. The summed E-state index contributed by atoms with van der Waals surface area (Å²) in [6, 6.07) is 17.6. The van der Waals surface area contributed by atoms with Gasteiger partial charge in [0, 0.05) is 36.8 Å². The van der Waals surface area contributed by atoms with Crippen LogP contribution < -0.4 is 10.0 Å². The number of carbonyl (C=O) groups excluding carboxylic acids is 2. The van der Waals surface area contributed by atoms with Crippen LogP contribution in [0.2, 0.25) is 10.0 Å². The van der Waals surface area contributed by atoms with Gasteiger partial charge in [-0.1, -0.05) is 35.3 Å². The molecule has 0 radical (unpaired) electrons. The zero-order chi connectivity index (χ0) is 38.9. The Balaban J connectivity index is 0.000000815. The number of nitrogens with zero attached hydrogens (tertiary/aromatic N) is 3. The van der Waals surface area contributed by atoms with E-state index in [-0.39, 0.29) is 28.4 Å². The maximum atomic E-state index is 13.9. The van der Waals surface area contributed by atoms with Crippen LogP contribution in [0.15, 0.2) is 71.6 Å². The number of aliphatic carboxylic acids is 1. The van der Waals surface area contributed by atoms with Crippen LogP contribution in [0, 0.1) is 17.7 Å². The molecule has 2 amide bonds. The Labute approximate surface area is 315 Å². The van der Waals surface area contributed by atoms with E-state index in [0.717, 1.165) is 45.3 Å². The maximum Gasteiger partial charge on any atom is 0.490 e. The minimum absolute atomic E-state index is 0.000925. The monoisotopic (exact) mass is 802 g/mol. The first-order chi connectivity index (χ1) is 24.9. The molecule has 17 heteroatoms. The van der Waals surface area contributed by atoms with Crippen molar-refractivity contribution in [3.8, 4) is 0 Å². The van der Waals surface area contributed by atoms with E-state index >= 15 is 0 Å². The standard InChI is InChI=1S/C34H39Cl2FN4O4S.C2HF3O2/c35-31-11-8-29(23-32(31)36)41(17-1-16-39-18-12-25(13-19-39)22-24-2-6-28(37)7-3-24)34(43)27-14-20-40(21-15-27)33(42)26-4-9-30(10-5-26)46(38,44)45;3-2(4,5)1(6)7/h2-11,23,25,27H,1,12-22H2,(H2,38,44,45);(H,6,7). The maximum absolute atomic E-state index is 13.9. The van der Waals surface area contributed by atoms with E-state index in [1.54, 1.807) is 21.9 Å². The lowest BCUT2D eigenvalue weighted by Gasteiger charge is -2.35. The van der Waals surface area contributed by atoms with Gasteiger partial charge in [-0.15, -0.1) is 0 Å². The lowest BCUT2D eigenvalue weighted by atomic mass is 9.90. The van der Waals surface area contributed by atoms with E-state index in [1.807, 2.05) is 18.2 Å². The minimum Gasteiger partial charge on any atom is -0.475 e. The summed E-state index contributed by atoms with van der Waals surface area (Å²) in [7, 11) is -3.85. The van der Waals surface area contributed by atoms with E-state index in [1.165, 1.54) is 42.0 Å². The third-order valence-corrected chi connectivity index (χ3v) is 11.0. The molecule has 0 bridgehead atoms. The van der Waals surface area contributed by atoms with Crippen molar-refractivity contribution < 1.29 is 45.5 Å². The summed E-state index contributed by atoms with van der Waals surface area (Å²) in [5.41, 5.74) is 2.24. The number of hydrogen-bond donors (Lipinski definition) is 2. The summed E-state index contributed by atoms with van der Waals surface area (Å²) in [6.45, 7) is 4.20. The number of alkyl halides is 3. The van der Waals surface area contributed by atoms with E-state index < -0.39 is 22.2 Å². The summed E-state index contributed by atoms with van der Waals surface area (Å²) in [5, 5.41) is 13.1. The van der Waals surface area contributed by atoms with Crippen molar-refractivity contribution in [2.24, 2.45) is 17.0 Å². The highest BCUT2D eigenvalue weighted by atomic mass is 35.5. The lowest BCUT2D eigenvalue weighted by Crippen LogP contribution is -2.45. The van der Waals surface area contributed by atoms with E-state index in [9.17, 15) is 35.6 Å². The van der Waals surface area contributed by atoms with Crippen LogP contribution in [0.5, 0.6) is 0 Å². The zero-order valence-corrected chi connectivity index (χ0v) is 30.9. The second-order valence-electron chi connectivity index (χ2n) is 13.0. The van der Waals surface area contributed by atoms with Crippen molar-refractivity contribution in [3.05, 3.63) is 93.7 Å². The quantitative estimate of drug-likeness (QED) is 0.219. The lowest BCUT2D eigenvalue weighted by molar-refractivity contribution is -0.192. The minimum atomic E-state index is -5.08. The number of benzene rings is 3. The van der Waals surface area contributed by atoms with Crippen LogP contribution in [0.1, 0.15) is 48.0 Å². The topological polar surface area (TPSA) is 141 Å². The SMILES string of the molecule is NS(=O)(=O)c1ccc(C(=O)N2CCC(C(=O)N(CCCN3CCC(Cc4ccc(F)cc4)CC3)c3ccc(Cl)c(Cl)c3)CC2)cc1.O=C(O)C(F)(F)F. The first-order valence-electron chi connectivity index (χ1n) is 16.9. The smallest absolute Gasteiger partial charge is 0.475 e. The van der Waals surface area contributed by atoms with Gasteiger partial charge in [0.1, 0.15) is 5.82 Å². The number of anilines is 1. The van der Waals surface area contributed by atoms with Crippen molar-refractivity contribution in [1.29, 1.82) is 0 Å². The molecule has 3 aromatic rings. The molecule has 3 aromatic carbocycles. The van der Waals surface area contributed by atoms with Gasteiger partial charge in [-0.25, -0.2) is 22.7 Å². The molecule has 2 fully saturated rings. The number of nitrogens with two attached hydrogens (primary N) is 1. The summed E-state index contributed by atoms with van der Waals surface area (Å²) < 4.78 is 68.1. The molecular weight excluding hydrogens is 763 g/mol. The Kier molecular flexibility index (Phi) is 14.7. The first-order valence-corrected chi connectivity index (χ1v) is 19.2. The van der Waals surface area contributed by atoms with E-state index in [4.69, 9.17) is 38.2 Å². The van der Waals surface area contributed by atoms with Gasteiger partial charge in [0.2, 0.25) is 15.9 Å². The van der Waals surface area contributed by atoms with Gasteiger partial charge in [0.05, 0.1) is 14.9 Å². The Morgan fingerprint density at radius 3 is 1.98 bits per heavy atom. The third kappa shape index (κ3) is 12.4.